The average Bonchev–Trinajstić information content (AvgIpc) is 2.96. The van der Waals surface area contributed by atoms with Gasteiger partial charge in [0.2, 0.25) is 0 Å². The summed E-state index contributed by atoms with van der Waals surface area (Å²) in [5, 5.41) is 0.492. The molecule has 0 bridgehead atoms. The molecule has 6 nitrogen and oxygen atoms in total. The lowest BCUT2D eigenvalue weighted by molar-refractivity contribution is 0.0733. The van der Waals surface area contributed by atoms with Crippen LogP contribution in [0.25, 0.3) is 0 Å². The molecule has 0 saturated carbocycles. The van der Waals surface area contributed by atoms with Crippen molar-refractivity contribution in [3.05, 3.63) is 85.8 Å². The van der Waals surface area contributed by atoms with Crippen molar-refractivity contribution in [1.82, 2.24) is 4.90 Å². The standard InChI is InChI=1S/C22H17Br2ClN2O4S/c23-16-3-7-19(8-4-16)32(29,30)26-18-5-1-14(2-6-18)22(28)27-9-10-31-21-15(13-27)11-17(24)12-20(21)25/h1-8,11-12,26H,9-10,13H2. The molecule has 1 aliphatic heterocycles. The van der Waals surface area contributed by atoms with Gasteiger partial charge in [-0.05, 0) is 60.7 Å². The van der Waals surface area contributed by atoms with E-state index in [9.17, 15) is 13.2 Å². The molecule has 0 saturated heterocycles. The first-order chi connectivity index (χ1) is 15.2. The number of fused-ring (bicyclic) bond motifs is 1. The van der Waals surface area contributed by atoms with Crippen molar-refractivity contribution in [2.24, 2.45) is 0 Å². The number of nitrogens with zero attached hydrogens (tertiary/aromatic N) is 1. The van der Waals surface area contributed by atoms with E-state index in [1.54, 1.807) is 47.4 Å². The maximum atomic E-state index is 13.1. The predicted molar refractivity (Wildman–Crippen MR) is 131 cm³/mol. The molecule has 32 heavy (non-hydrogen) atoms. The van der Waals surface area contributed by atoms with Gasteiger partial charge in [-0.1, -0.05) is 43.5 Å². The van der Waals surface area contributed by atoms with E-state index in [2.05, 4.69) is 36.6 Å². The van der Waals surface area contributed by atoms with Crippen LogP contribution in [0.4, 0.5) is 5.69 Å². The molecule has 1 heterocycles. The quantitative estimate of drug-likeness (QED) is 0.417. The first-order valence-corrected chi connectivity index (χ1v) is 13.0. The van der Waals surface area contributed by atoms with Crippen molar-refractivity contribution in [3.8, 4) is 5.75 Å². The summed E-state index contributed by atoms with van der Waals surface area (Å²) in [6, 6.07) is 16.3. The van der Waals surface area contributed by atoms with E-state index >= 15 is 0 Å². The van der Waals surface area contributed by atoms with Crippen molar-refractivity contribution in [2.75, 3.05) is 17.9 Å². The van der Waals surface area contributed by atoms with Gasteiger partial charge >= 0.3 is 0 Å². The lowest BCUT2D eigenvalue weighted by Crippen LogP contribution is -2.32. The van der Waals surface area contributed by atoms with Gasteiger partial charge in [0.25, 0.3) is 15.9 Å². The van der Waals surface area contributed by atoms with Gasteiger partial charge in [-0.15, -0.1) is 0 Å². The van der Waals surface area contributed by atoms with Gasteiger partial charge in [0.1, 0.15) is 12.4 Å². The highest BCUT2D eigenvalue weighted by molar-refractivity contribution is 9.10. The molecule has 0 radical (unpaired) electrons. The van der Waals surface area contributed by atoms with Gasteiger partial charge in [0, 0.05) is 32.3 Å². The van der Waals surface area contributed by atoms with Crippen LogP contribution < -0.4 is 9.46 Å². The number of sulfonamides is 1. The Morgan fingerprint density at radius 2 is 1.69 bits per heavy atom. The molecular weight excluding hydrogens is 584 g/mol. The zero-order valence-electron chi connectivity index (χ0n) is 16.5. The minimum atomic E-state index is -3.73. The van der Waals surface area contributed by atoms with E-state index in [0.717, 1.165) is 14.5 Å². The molecule has 4 rings (SSSR count). The summed E-state index contributed by atoms with van der Waals surface area (Å²) in [5.74, 6) is 0.405. The van der Waals surface area contributed by atoms with Crippen molar-refractivity contribution in [2.45, 2.75) is 11.4 Å². The fraction of sp³-hybridized carbons (Fsp3) is 0.136. The van der Waals surface area contributed by atoms with Crippen LogP contribution in [0.5, 0.6) is 5.75 Å². The van der Waals surface area contributed by atoms with Gasteiger partial charge in [0.15, 0.2) is 0 Å². The summed E-state index contributed by atoms with van der Waals surface area (Å²) in [6.45, 7) is 1.08. The Hall–Kier alpha value is -2.07. The number of carbonyl (C=O) groups excluding carboxylic acids is 1. The molecule has 10 heteroatoms. The minimum absolute atomic E-state index is 0.147. The summed E-state index contributed by atoms with van der Waals surface area (Å²) in [6.07, 6.45) is 0. The molecule has 0 fully saturated rings. The molecule has 1 amide bonds. The lowest BCUT2D eigenvalue weighted by Gasteiger charge is -2.20. The fourth-order valence-electron chi connectivity index (χ4n) is 3.30. The predicted octanol–water partition coefficient (Wildman–Crippen LogP) is 5.70. The molecule has 166 valence electrons. The zero-order chi connectivity index (χ0) is 22.9. The molecule has 0 atom stereocenters. The van der Waals surface area contributed by atoms with Crippen LogP contribution in [0.3, 0.4) is 0 Å². The number of hydrogen-bond acceptors (Lipinski definition) is 4. The number of ether oxygens (including phenoxy) is 1. The summed E-state index contributed by atoms with van der Waals surface area (Å²) < 4.78 is 35.0. The summed E-state index contributed by atoms with van der Waals surface area (Å²) >= 11 is 13.0. The van der Waals surface area contributed by atoms with Gasteiger partial charge in [-0.25, -0.2) is 8.42 Å². The largest absolute Gasteiger partial charge is 0.490 e. The monoisotopic (exact) mass is 598 g/mol. The smallest absolute Gasteiger partial charge is 0.261 e. The van der Waals surface area contributed by atoms with Gasteiger partial charge in [-0.2, -0.15) is 0 Å². The molecule has 1 N–H and O–H groups in total. The Bertz CT molecular complexity index is 1270. The number of halogens is 3. The highest BCUT2D eigenvalue weighted by atomic mass is 79.9. The van der Waals surface area contributed by atoms with Crippen molar-refractivity contribution < 1.29 is 17.9 Å². The van der Waals surface area contributed by atoms with E-state index < -0.39 is 10.0 Å². The Morgan fingerprint density at radius 1 is 1.00 bits per heavy atom. The number of anilines is 1. The first kappa shape index (κ1) is 23.1. The maximum Gasteiger partial charge on any atom is 0.261 e. The third-order valence-electron chi connectivity index (χ3n) is 4.85. The third-order valence-corrected chi connectivity index (χ3v) is 7.51. The SMILES string of the molecule is O=C(c1ccc(NS(=O)(=O)c2ccc(Br)cc2)cc1)N1CCOc2c(Cl)cc(Br)cc2C1. The Kier molecular flexibility index (Phi) is 6.80. The van der Waals surface area contributed by atoms with Crippen LogP contribution in [-0.4, -0.2) is 32.4 Å². The number of carbonyl (C=O) groups is 1. The molecular formula is C22H17Br2ClN2O4S. The second-order valence-electron chi connectivity index (χ2n) is 7.09. The zero-order valence-corrected chi connectivity index (χ0v) is 21.3. The van der Waals surface area contributed by atoms with Gasteiger partial charge in [-0.3, -0.25) is 9.52 Å². The molecule has 1 aliphatic rings. The molecule has 0 aliphatic carbocycles. The average molecular weight is 601 g/mol. The van der Waals surface area contributed by atoms with Gasteiger partial charge < -0.3 is 9.64 Å². The highest BCUT2D eigenvalue weighted by Crippen LogP contribution is 2.35. The number of nitrogens with one attached hydrogen (secondary N) is 1. The molecule has 3 aromatic rings. The molecule has 0 unspecified atom stereocenters. The Labute approximate surface area is 207 Å². The van der Waals surface area contributed by atoms with Crippen LogP contribution in [0.2, 0.25) is 5.02 Å². The number of benzene rings is 3. The second kappa shape index (κ2) is 9.43. The van der Waals surface area contributed by atoms with E-state index in [1.165, 1.54) is 12.1 Å². The van der Waals surface area contributed by atoms with E-state index in [0.29, 0.717) is 41.7 Å². The number of rotatable bonds is 4. The van der Waals surface area contributed by atoms with E-state index in [1.807, 2.05) is 6.07 Å². The van der Waals surface area contributed by atoms with Crippen LogP contribution in [-0.2, 0) is 16.6 Å². The number of amides is 1. The van der Waals surface area contributed by atoms with Crippen LogP contribution in [0.15, 0.2) is 74.5 Å². The fourth-order valence-corrected chi connectivity index (χ4v) is 5.55. The summed E-state index contributed by atoms with van der Waals surface area (Å²) in [7, 11) is -3.73. The van der Waals surface area contributed by atoms with E-state index in [-0.39, 0.29) is 10.8 Å². The summed E-state index contributed by atoms with van der Waals surface area (Å²) in [5.41, 5.74) is 1.62. The van der Waals surface area contributed by atoms with Crippen LogP contribution >= 0.6 is 43.5 Å². The molecule has 3 aromatic carbocycles. The molecule has 0 spiro atoms. The van der Waals surface area contributed by atoms with Crippen LogP contribution in [0.1, 0.15) is 15.9 Å². The normalized spacial score (nSPS) is 13.7. The highest BCUT2D eigenvalue weighted by Gasteiger charge is 2.23. The lowest BCUT2D eigenvalue weighted by atomic mass is 10.1. The first-order valence-electron chi connectivity index (χ1n) is 9.51. The topological polar surface area (TPSA) is 75.7 Å². The van der Waals surface area contributed by atoms with Crippen LogP contribution in [0, 0.1) is 0 Å². The second-order valence-corrected chi connectivity index (χ2v) is 11.0. The van der Waals surface area contributed by atoms with Crippen molar-refractivity contribution >= 4 is 65.1 Å². The Morgan fingerprint density at radius 3 is 2.38 bits per heavy atom. The number of hydrogen-bond donors (Lipinski definition) is 1. The third kappa shape index (κ3) is 5.11. The minimum Gasteiger partial charge on any atom is -0.490 e. The summed E-state index contributed by atoms with van der Waals surface area (Å²) in [4.78, 5) is 14.9. The molecule has 0 aromatic heterocycles. The van der Waals surface area contributed by atoms with Crippen molar-refractivity contribution in [3.63, 3.8) is 0 Å². The maximum absolute atomic E-state index is 13.1. The van der Waals surface area contributed by atoms with Crippen molar-refractivity contribution in [1.29, 1.82) is 0 Å². The Balaban J connectivity index is 1.50. The van der Waals surface area contributed by atoms with E-state index in [4.69, 9.17) is 16.3 Å². The van der Waals surface area contributed by atoms with Gasteiger partial charge in [0.05, 0.1) is 16.5 Å².